The monoisotopic (exact) mass is 423 g/mol. The van der Waals surface area contributed by atoms with Gasteiger partial charge < -0.3 is 15.4 Å². The van der Waals surface area contributed by atoms with Crippen molar-refractivity contribution in [2.45, 2.75) is 44.6 Å². The lowest BCUT2D eigenvalue weighted by Gasteiger charge is -2.37. The minimum absolute atomic E-state index is 0.0562. The van der Waals surface area contributed by atoms with Crippen LogP contribution in [0.3, 0.4) is 0 Å². The van der Waals surface area contributed by atoms with E-state index < -0.39 is 22.0 Å². The second-order valence-corrected chi connectivity index (χ2v) is 9.83. The largest absolute Gasteiger partial charge is 0.367 e. The SMILES string of the molecule is Cc1cc(C)c(S(=O)(=O)N2CCC(C(=O)N3CCOC(C(N)=O)C3)CC2)c(C)c1. The predicted molar refractivity (Wildman–Crippen MR) is 108 cm³/mol. The lowest BCUT2D eigenvalue weighted by atomic mass is 9.96. The van der Waals surface area contributed by atoms with Gasteiger partial charge in [0.05, 0.1) is 18.0 Å². The minimum atomic E-state index is -3.61. The molecule has 2 saturated heterocycles. The van der Waals surface area contributed by atoms with Gasteiger partial charge in [0.1, 0.15) is 0 Å². The lowest BCUT2D eigenvalue weighted by molar-refractivity contribution is -0.149. The van der Waals surface area contributed by atoms with Crippen LogP contribution >= 0.6 is 0 Å². The Morgan fingerprint density at radius 1 is 1.07 bits per heavy atom. The zero-order valence-corrected chi connectivity index (χ0v) is 18.0. The Morgan fingerprint density at radius 3 is 2.21 bits per heavy atom. The molecule has 3 rings (SSSR count). The molecule has 9 heteroatoms. The van der Waals surface area contributed by atoms with Crippen LogP contribution in [0.25, 0.3) is 0 Å². The van der Waals surface area contributed by atoms with Gasteiger partial charge in [-0.15, -0.1) is 0 Å². The molecule has 0 saturated carbocycles. The Labute approximate surface area is 172 Å². The summed E-state index contributed by atoms with van der Waals surface area (Å²) in [6.07, 6.45) is 0.141. The fraction of sp³-hybridized carbons (Fsp3) is 0.600. The highest BCUT2D eigenvalue weighted by atomic mass is 32.2. The highest BCUT2D eigenvalue weighted by molar-refractivity contribution is 7.89. The molecule has 1 aromatic rings. The van der Waals surface area contributed by atoms with E-state index in [4.69, 9.17) is 10.5 Å². The number of piperidine rings is 1. The number of morpholine rings is 1. The fourth-order valence-electron chi connectivity index (χ4n) is 4.33. The minimum Gasteiger partial charge on any atom is -0.367 e. The first-order valence-electron chi connectivity index (χ1n) is 9.89. The van der Waals surface area contributed by atoms with E-state index in [9.17, 15) is 18.0 Å². The molecule has 1 atom stereocenters. The number of carbonyl (C=O) groups excluding carboxylic acids is 2. The maximum Gasteiger partial charge on any atom is 0.248 e. The Hall–Kier alpha value is -1.97. The predicted octanol–water partition coefficient (Wildman–Crippen LogP) is 0.725. The summed E-state index contributed by atoms with van der Waals surface area (Å²) in [7, 11) is -3.61. The zero-order chi connectivity index (χ0) is 21.3. The van der Waals surface area contributed by atoms with Gasteiger partial charge >= 0.3 is 0 Å². The number of carbonyl (C=O) groups is 2. The summed E-state index contributed by atoms with van der Waals surface area (Å²) in [6, 6.07) is 3.76. The Balaban J connectivity index is 1.67. The van der Waals surface area contributed by atoms with E-state index in [0.29, 0.717) is 37.4 Å². The average Bonchev–Trinajstić information content (AvgIpc) is 2.66. The second kappa shape index (κ2) is 8.41. The van der Waals surface area contributed by atoms with Crippen molar-refractivity contribution in [1.29, 1.82) is 0 Å². The van der Waals surface area contributed by atoms with Crippen molar-refractivity contribution in [3.8, 4) is 0 Å². The summed E-state index contributed by atoms with van der Waals surface area (Å²) in [5.74, 6) is -0.889. The van der Waals surface area contributed by atoms with E-state index in [-0.39, 0.29) is 25.0 Å². The van der Waals surface area contributed by atoms with Crippen molar-refractivity contribution in [3.05, 3.63) is 28.8 Å². The molecule has 29 heavy (non-hydrogen) atoms. The first-order valence-corrected chi connectivity index (χ1v) is 11.3. The van der Waals surface area contributed by atoms with Crippen molar-refractivity contribution >= 4 is 21.8 Å². The molecule has 2 aliphatic heterocycles. The number of sulfonamides is 1. The summed E-state index contributed by atoms with van der Waals surface area (Å²) in [5, 5.41) is 0. The molecule has 2 heterocycles. The van der Waals surface area contributed by atoms with Gasteiger partial charge in [0, 0.05) is 25.6 Å². The first-order chi connectivity index (χ1) is 13.6. The standard InChI is InChI=1S/C20H29N3O5S/c1-13-10-14(2)18(15(3)11-13)29(26,27)23-6-4-16(5-7-23)20(25)22-8-9-28-17(12-22)19(21)24/h10-11,16-17H,4-9,12H2,1-3H3,(H2,21,24). The van der Waals surface area contributed by atoms with E-state index in [2.05, 4.69) is 0 Å². The molecule has 1 aromatic carbocycles. The maximum atomic E-state index is 13.2. The van der Waals surface area contributed by atoms with Crippen LogP contribution in [0.15, 0.2) is 17.0 Å². The molecule has 0 radical (unpaired) electrons. The normalized spacial score (nSPS) is 21.9. The first kappa shape index (κ1) is 21.7. The number of aryl methyl sites for hydroxylation is 3. The molecule has 160 valence electrons. The number of benzene rings is 1. The maximum absolute atomic E-state index is 13.2. The number of ether oxygens (including phenoxy) is 1. The van der Waals surface area contributed by atoms with Crippen LogP contribution in [-0.4, -0.2) is 68.3 Å². The van der Waals surface area contributed by atoms with Crippen LogP contribution in [0.5, 0.6) is 0 Å². The summed E-state index contributed by atoms with van der Waals surface area (Å²) in [4.78, 5) is 26.2. The lowest BCUT2D eigenvalue weighted by Crippen LogP contribution is -2.53. The number of nitrogens with zero attached hydrogens (tertiary/aromatic N) is 2. The molecule has 2 amide bonds. The third kappa shape index (κ3) is 4.46. The van der Waals surface area contributed by atoms with Crippen LogP contribution in [0.2, 0.25) is 0 Å². The molecule has 1 unspecified atom stereocenters. The van der Waals surface area contributed by atoms with E-state index in [1.54, 1.807) is 4.90 Å². The van der Waals surface area contributed by atoms with Gasteiger partial charge in [-0.25, -0.2) is 8.42 Å². The Morgan fingerprint density at radius 2 is 1.66 bits per heavy atom. The van der Waals surface area contributed by atoms with Gasteiger partial charge in [0.25, 0.3) is 0 Å². The smallest absolute Gasteiger partial charge is 0.248 e. The van der Waals surface area contributed by atoms with E-state index in [1.165, 1.54) is 4.31 Å². The van der Waals surface area contributed by atoms with Crippen molar-refractivity contribution in [1.82, 2.24) is 9.21 Å². The van der Waals surface area contributed by atoms with Gasteiger partial charge in [-0.05, 0) is 44.7 Å². The van der Waals surface area contributed by atoms with Crippen LogP contribution in [0, 0.1) is 26.7 Å². The van der Waals surface area contributed by atoms with Crippen molar-refractivity contribution < 1.29 is 22.7 Å². The number of amides is 2. The van der Waals surface area contributed by atoms with Crippen LogP contribution in [0.4, 0.5) is 0 Å². The third-order valence-corrected chi connectivity index (χ3v) is 7.91. The van der Waals surface area contributed by atoms with E-state index >= 15 is 0 Å². The van der Waals surface area contributed by atoms with Crippen LogP contribution < -0.4 is 5.73 Å². The van der Waals surface area contributed by atoms with Gasteiger partial charge in [-0.3, -0.25) is 9.59 Å². The molecule has 8 nitrogen and oxygen atoms in total. The van der Waals surface area contributed by atoms with Crippen molar-refractivity contribution in [2.24, 2.45) is 11.7 Å². The van der Waals surface area contributed by atoms with Gasteiger partial charge in [-0.1, -0.05) is 17.7 Å². The van der Waals surface area contributed by atoms with Gasteiger partial charge in [0.15, 0.2) is 6.10 Å². The fourth-order valence-corrected chi connectivity index (χ4v) is 6.21. The highest BCUT2D eigenvalue weighted by Gasteiger charge is 2.37. The average molecular weight is 424 g/mol. The molecule has 2 aliphatic rings. The molecule has 0 bridgehead atoms. The van der Waals surface area contributed by atoms with E-state index in [1.807, 2.05) is 32.9 Å². The number of primary amides is 1. The number of hydrogen-bond donors (Lipinski definition) is 1. The number of hydrogen-bond acceptors (Lipinski definition) is 5. The summed E-state index contributed by atoms with van der Waals surface area (Å²) in [5.41, 5.74) is 7.80. The van der Waals surface area contributed by atoms with Crippen LogP contribution in [-0.2, 0) is 24.3 Å². The Kier molecular flexibility index (Phi) is 6.30. The summed E-state index contributed by atoms with van der Waals surface area (Å²) >= 11 is 0. The van der Waals surface area contributed by atoms with Gasteiger partial charge in [0.2, 0.25) is 21.8 Å². The quantitative estimate of drug-likeness (QED) is 0.768. The topological polar surface area (TPSA) is 110 Å². The summed E-state index contributed by atoms with van der Waals surface area (Å²) < 4.78 is 33.2. The molecular formula is C20H29N3O5S. The summed E-state index contributed by atoms with van der Waals surface area (Å²) in [6.45, 7) is 7.04. The molecule has 0 aromatic heterocycles. The molecule has 0 aliphatic carbocycles. The molecular weight excluding hydrogens is 394 g/mol. The zero-order valence-electron chi connectivity index (χ0n) is 17.2. The van der Waals surface area contributed by atoms with Crippen LogP contribution in [0.1, 0.15) is 29.5 Å². The molecule has 2 N–H and O–H groups in total. The van der Waals surface area contributed by atoms with Crippen molar-refractivity contribution in [3.63, 3.8) is 0 Å². The van der Waals surface area contributed by atoms with Crippen molar-refractivity contribution in [2.75, 3.05) is 32.8 Å². The third-order valence-electron chi connectivity index (χ3n) is 5.70. The molecule has 2 fully saturated rings. The Bertz CT molecular complexity index is 884. The van der Waals surface area contributed by atoms with Gasteiger partial charge in [-0.2, -0.15) is 4.31 Å². The number of rotatable bonds is 4. The number of nitrogens with two attached hydrogens (primary N) is 1. The highest BCUT2D eigenvalue weighted by Crippen LogP contribution is 2.29. The van der Waals surface area contributed by atoms with E-state index in [0.717, 1.165) is 16.7 Å². The second-order valence-electron chi connectivity index (χ2n) is 7.95. The molecule has 0 spiro atoms.